The van der Waals surface area contributed by atoms with Crippen molar-refractivity contribution in [1.82, 2.24) is 4.98 Å². The van der Waals surface area contributed by atoms with E-state index in [1.807, 2.05) is 31.1 Å². The van der Waals surface area contributed by atoms with Crippen LogP contribution in [0.25, 0.3) is 0 Å². The van der Waals surface area contributed by atoms with E-state index in [1.54, 1.807) is 13.1 Å². The molecule has 0 amide bonds. The molecule has 0 fully saturated rings. The molecule has 3 N–H and O–H groups in total. The second-order valence-corrected chi connectivity index (χ2v) is 3.88. The molecule has 0 spiro atoms. The Balaban J connectivity index is 2.94. The second kappa shape index (κ2) is 3.94. The maximum absolute atomic E-state index is 9.06. The van der Waals surface area contributed by atoms with Crippen molar-refractivity contribution >= 4 is 5.82 Å². The lowest BCUT2D eigenvalue weighted by Crippen LogP contribution is -2.37. The molecule has 1 aromatic heterocycles. The van der Waals surface area contributed by atoms with Gasteiger partial charge in [0.1, 0.15) is 5.82 Å². The van der Waals surface area contributed by atoms with Crippen molar-refractivity contribution in [1.29, 1.82) is 0 Å². The maximum atomic E-state index is 9.06. The standard InChI is InChI=1S/C10H17N3O/c1-10(11,7-14)8-4-5-9(12-6-8)13(2)3/h4-6,14H,7,11H2,1-3H3. The van der Waals surface area contributed by atoms with Crippen LogP contribution in [0.2, 0.25) is 0 Å². The lowest BCUT2D eigenvalue weighted by molar-refractivity contribution is 0.210. The first-order valence-electron chi connectivity index (χ1n) is 4.51. The van der Waals surface area contributed by atoms with Crippen molar-refractivity contribution in [2.24, 2.45) is 5.73 Å². The predicted octanol–water partition coefficient (Wildman–Crippen LogP) is 0.314. The van der Waals surface area contributed by atoms with Gasteiger partial charge < -0.3 is 15.7 Å². The Morgan fingerprint density at radius 2 is 2.14 bits per heavy atom. The van der Waals surface area contributed by atoms with E-state index in [0.29, 0.717) is 0 Å². The Bertz CT molecular complexity index is 293. The molecule has 1 heterocycles. The van der Waals surface area contributed by atoms with Crippen LogP contribution in [0.4, 0.5) is 5.82 Å². The first kappa shape index (κ1) is 10.9. The molecule has 1 rings (SSSR count). The summed E-state index contributed by atoms with van der Waals surface area (Å²) in [6, 6.07) is 3.77. The fraction of sp³-hybridized carbons (Fsp3) is 0.500. The van der Waals surface area contributed by atoms with Crippen LogP contribution in [0.5, 0.6) is 0 Å². The Morgan fingerprint density at radius 1 is 1.50 bits per heavy atom. The molecular weight excluding hydrogens is 178 g/mol. The summed E-state index contributed by atoms with van der Waals surface area (Å²) in [4.78, 5) is 6.14. The van der Waals surface area contributed by atoms with Crippen molar-refractivity contribution in [3.8, 4) is 0 Å². The summed E-state index contributed by atoms with van der Waals surface area (Å²) in [5.74, 6) is 0.877. The molecule has 0 bridgehead atoms. The highest BCUT2D eigenvalue weighted by Gasteiger charge is 2.20. The fourth-order valence-corrected chi connectivity index (χ4v) is 1.08. The van der Waals surface area contributed by atoms with Gasteiger partial charge in [-0.3, -0.25) is 0 Å². The molecule has 0 aliphatic heterocycles. The van der Waals surface area contributed by atoms with Gasteiger partial charge in [-0.2, -0.15) is 0 Å². The molecule has 0 aliphatic rings. The molecule has 0 saturated heterocycles. The lowest BCUT2D eigenvalue weighted by Gasteiger charge is -2.22. The van der Waals surface area contributed by atoms with Gasteiger partial charge in [0.25, 0.3) is 0 Å². The fourth-order valence-electron chi connectivity index (χ4n) is 1.08. The van der Waals surface area contributed by atoms with Crippen LogP contribution in [0.15, 0.2) is 18.3 Å². The Kier molecular flexibility index (Phi) is 3.08. The number of hydrogen-bond donors (Lipinski definition) is 2. The van der Waals surface area contributed by atoms with Crippen LogP contribution >= 0.6 is 0 Å². The van der Waals surface area contributed by atoms with Crippen molar-refractivity contribution in [3.63, 3.8) is 0 Å². The van der Waals surface area contributed by atoms with E-state index in [1.165, 1.54) is 0 Å². The van der Waals surface area contributed by atoms with Gasteiger partial charge >= 0.3 is 0 Å². The number of rotatable bonds is 3. The Hall–Kier alpha value is -1.13. The third-order valence-corrected chi connectivity index (χ3v) is 2.19. The zero-order chi connectivity index (χ0) is 10.8. The molecule has 1 aromatic rings. The number of pyridine rings is 1. The number of nitrogens with two attached hydrogens (primary N) is 1. The van der Waals surface area contributed by atoms with Crippen molar-refractivity contribution in [2.75, 3.05) is 25.6 Å². The van der Waals surface area contributed by atoms with Crippen LogP contribution in [0, 0.1) is 0 Å². The number of nitrogens with zero attached hydrogens (tertiary/aromatic N) is 2. The largest absolute Gasteiger partial charge is 0.394 e. The van der Waals surface area contributed by atoms with Crippen LogP contribution in [-0.2, 0) is 5.54 Å². The topological polar surface area (TPSA) is 62.4 Å². The summed E-state index contributed by atoms with van der Waals surface area (Å²) in [7, 11) is 3.85. The van der Waals surface area contributed by atoms with E-state index < -0.39 is 5.54 Å². The summed E-state index contributed by atoms with van der Waals surface area (Å²) in [5, 5.41) is 9.06. The first-order valence-corrected chi connectivity index (χ1v) is 4.51. The lowest BCUT2D eigenvalue weighted by atomic mass is 9.96. The van der Waals surface area contributed by atoms with Gasteiger partial charge in [0.2, 0.25) is 0 Å². The average molecular weight is 195 g/mol. The third-order valence-electron chi connectivity index (χ3n) is 2.19. The van der Waals surface area contributed by atoms with Gasteiger partial charge in [0.05, 0.1) is 12.1 Å². The minimum atomic E-state index is -0.710. The van der Waals surface area contributed by atoms with Crippen LogP contribution < -0.4 is 10.6 Å². The predicted molar refractivity (Wildman–Crippen MR) is 57.2 cm³/mol. The van der Waals surface area contributed by atoms with E-state index in [-0.39, 0.29) is 6.61 Å². The molecule has 1 atom stereocenters. The van der Waals surface area contributed by atoms with Crippen molar-refractivity contribution < 1.29 is 5.11 Å². The van der Waals surface area contributed by atoms with Crippen molar-refractivity contribution in [3.05, 3.63) is 23.9 Å². The van der Waals surface area contributed by atoms with E-state index in [4.69, 9.17) is 10.8 Å². The van der Waals surface area contributed by atoms with E-state index in [9.17, 15) is 0 Å². The monoisotopic (exact) mass is 195 g/mol. The van der Waals surface area contributed by atoms with Gasteiger partial charge in [-0.25, -0.2) is 4.98 Å². The molecule has 0 radical (unpaired) electrons. The van der Waals surface area contributed by atoms with E-state index >= 15 is 0 Å². The number of aromatic nitrogens is 1. The van der Waals surface area contributed by atoms with Gasteiger partial charge in [-0.05, 0) is 18.6 Å². The number of hydrogen-bond acceptors (Lipinski definition) is 4. The molecular formula is C10H17N3O. The van der Waals surface area contributed by atoms with Gasteiger partial charge in [0.15, 0.2) is 0 Å². The molecule has 0 aromatic carbocycles. The number of aliphatic hydroxyl groups excluding tert-OH is 1. The molecule has 1 unspecified atom stereocenters. The first-order chi connectivity index (χ1) is 6.47. The third kappa shape index (κ3) is 2.21. The van der Waals surface area contributed by atoms with E-state index in [0.717, 1.165) is 11.4 Å². The summed E-state index contributed by atoms with van der Waals surface area (Å²) < 4.78 is 0. The molecule has 14 heavy (non-hydrogen) atoms. The summed E-state index contributed by atoms with van der Waals surface area (Å²) in [5.41, 5.74) is 5.99. The molecule has 4 nitrogen and oxygen atoms in total. The highest BCUT2D eigenvalue weighted by molar-refractivity contribution is 5.38. The minimum Gasteiger partial charge on any atom is -0.394 e. The quantitative estimate of drug-likeness (QED) is 0.729. The van der Waals surface area contributed by atoms with Crippen molar-refractivity contribution in [2.45, 2.75) is 12.5 Å². The van der Waals surface area contributed by atoms with Crippen LogP contribution in [0.3, 0.4) is 0 Å². The molecule has 78 valence electrons. The molecule has 4 heteroatoms. The smallest absolute Gasteiger partial charge is 0.127 e. The van der Waals surface area contributed by atoms with Crippen LogP contribution in [-0.4, -0.2) is 30.8 Å². The maximum Gasteiger partial charge on any atom is 0.127 e. The Morgan fingerprint density at radius 3 is 2.50 bits per heavy atom. The van der Waals surface area contributed by atoms with E-state index in [2.05, 4.69) is 4.98 Å². The summed E-state index contributed by atoms with van der Waals surface area (Å²) >= 11 is 0. The van der Waals surface area contributed by atoms with Crippen LogP contribution in [0.1, 0.15) is 12.5 Å². The zero-order valence-electron chi connectivity index (χ0n) is 8.86. The number of aliphatic hydroxyl groups is 1. The summed E-state index contributed by atoms with van der Waals surface area (Å²) in [6.45, 7) is 1.69. The second-order valence-electron chi connectivity index (χ2n) is 3.88. The Labute approximate surface area is 84.4 Å². The molecule has 0 aliphatic carbocycles. The zero-order valence-corrected chi connectivity index (χ0v) is 8.86. The normalized spacial score (nSPS) is 14.9. The minimum absolute atomic E-state index is 0.0873. The summed E-state index contributed by atoms with van der Waals surface area (Å²) in [6.07, 6.45) is 1.70. The molecule has 0 saturated carbocycles. The van der Waals surface area contributed by atoms with Gasteiger partial charge in [0, 0.05) is 20.3 Å². The van der Waals surface area contributed by atoms with Gasteiger partial charge in [-0.15, -0.1) is 0 Å². The number of anilines is 1. The highest BCUT2D eigenvalue weighted by Crippen LogP contribution is 2.17. The SMILES string of the molecule is CN(C)c1ccc(C(C)(N)CO)cn1. The highest BCUT2D eigenvalue weighted by atomic mass is 16.3. The van der Waals surface area contributed by atoms with Gasteiger partial charge in [-0.1, -0.05) is 6.07 Å². The average Bonchev–Trinajstić information content (AvgIpc) is 2.18.